The van der Waals surface area contributed by atoms with Gasteiger partial charge in [0.15, 0.2) is 0 Å². The van der Waals surface area contributed by atoms with Crippen molar-refractivity contribution in [3.63, 3.8) is 0 Å². The second-order valence-electron chi connectivity index (χ2n) is 4.62. The van der Waals surface area contributed by atoms with E-state index in [1.807, 2.05) is 12.3 Å². The summed E-state index contributed by atoms with van der Waals surface area (Å²) in [5.74, 6) is 0. The highest BCUT2D eigenvalue weighted by Crippen LogP contribution is 2.34. The van der Waals surface area contributed by atoms with Gasteiger partial charge in [0.1, 0.15) is 0 Å². The van der Waals surface area contributed by atoms with Crippen molar-refractivity contribution in [2.45, 2.75) is 19.3 Å². The summed E-state index contributed by atoms with van der Waals surface area (Å²) in [6.45, 7) is 0. The third-order valence-corrected chi connectivity index (χ3v) is 3.97. The Kier molecular flexibility index (Phi) is 3.25. The van der Waals surface area contributed by atoms with Crippen molar-refractivity contribution >= 4 is 40.3 Å². The Balaban J connectivity index is 1.96. The molecule has 0 unspecified atom stereocenters. The first-order valence-corrected chi connectivity index (χ1v) is 6.89. The minimum absolute atomic E-state index is 0.411. The summed E-state index contributed by atoms with van der Waals surface area (Å²) in [7, 11) is 0. The third-order valence-electron chi connectivity index (χ3n) is 3.34. The Hall–Kier alpha value is -1.45. The summed E-state index contributed by atoms with van der Waals surface area (Å²) in [4.78, 5) is 4.40. The zero-order chi connectivity index (χ0) is 13.4. The topological polar surface area (TPSA) is 50.9 Å². The summed E-state index contributed by atoms with van der Waals surface area (Å²) in [6.07, 6.45) is 5.09. The van der Waals surface area contributed by atoms with Crippen LogP contribution in [0.2, 0.25) is 10.0 Å². The van der Waals surface area contributed by atoms with Crippen molar-refractivity contribution in [2.75, 3.05) is 11.1 Å². The van der Waals surface area contributed by atoms with E-state index in [1.165, 1.54) is 11.3 Å². The number of fused-ring (bicyclic) bond motifs is 1. The third kappa shape index (κ3) is 2.36. The second-order valence-corrected chi connectivity index (χ2v) is 5.43. The van der Waals surface area contributed by atoms with Crippen molar-refractivity contribution in [3.05, 3.63) is 45.7 Å². The molecule has 2 aromatic rings. The Labute approximate surface area is 121 Å². The minimum Gasteiger partial charge on any atom is -0.396 e. The number of rotatable bonds is 2. The number of anilines is 3. The van der Waals surface area contributed by atoms with E-state index >= 15 is 0 Å². The van der Waals surface area contributed by atoms with Crippen LogP contribution in [0.15, 0.2) is 24.4 Å². The zero-order valence-electron chi connectivity index (χ0n) is 10.2. The van der Waals surface area contributed by atoms with E-state index in [9.17, 15) is 0 Å². The van der Waals surface area contributed by atoms with Crippen LogP contribution in [-0.2, 0) is 12.8 Å². The number of nitrogen functional groups attached to an aromatic ring is 1. The van der Waals surface area contributed by atoms with Gasteiger partial charge in [-0.25, -0.2) is 0 Å². The monoisotopic (exact) mass is 293 g/mol. The highest BCUT2D eigenvalue weighted by Gasteiger charge is 2.16. The molecule has 0 spiro atoms. The van der Waals surface area contributed by atoms with Gasteiger partial charge in [0.2, 0.25) is 0 Å². The Morgan fingerprint density at radius 3 is 2.63 bits per heavy atom. The van der Waals surface area contributed by atoms with Gasteiger partial charge >= 0.3 is 0 Å². The first kappa shape index (κ1) is 12.6. The lowest BCUT2D eigenvalue weighted by atomic mass is 10.1. The summed E-state index contributed by atoms with van der Waals surface area (Å²) in [6, 6.07) is 5.54. The number of hydrogen-bond acceptors (Lipinski definition) is 3. The van der Waals surface area contributed by atoms with Crippen LogP contribution in [0.3, 0.4) is 0 Å². The molecule has 0 fully saturated rings. The molecule has 0 saturated heterocycles. The summed E-state index contributed by atoms with van der Waals surface area (Å²) in [5, 5.41) is 4.27. The van der Waals surface area contributed by atoms with E-state index in [-0.39, 0.29) is 0 Å². The van der Waals surface area contributed by atoms with Gasteiger partial charge in [-0.05, 0) is 43.0 Å². The minimum atomic E-state index is 0.411. The van der Waals surface area contributed by atoms with Gasteiger partial charge in [-0.1, -0.05) is 23.2 Å². The van der Waals surface area contributed by atoms with Crippen molar-refractivity contribution in [1.82, 2.24) is 4.98 Å². The molecule has 3 N–H and O–H groups in total. The van der Waals surface area contributed by atoms with Crippen LogP contribution in [0.4, 0.5) is 17.1 Å². The number of halogens is 2. The van der Waals surface area contributed by atoms with Gasteiger partial charge in [0.25, 0.3) is 0 Å². The lowest BCUT2D eigenvalue weighted by molar-refractivity contribution is 0.899. The summed E-state index contributed by atoms with van der Waals surface area (Å²) >= 11 is 12.1. The van der Waals surface area contributed by atoms with E-state index in [2.05, 4.69) is 10.3 Å². The van der Waals surface area contributed by atoms with Gasteiger partial charge in [0, 0.05) is 23.3 Å². The summed E-state index contributed by atoms with van der Waals surface area (Å²) in [5.41, 5.74) is 10.5. The molecule has 19 heavy (non-hydrogen) atoms. The number of aromatic nitrogens is 1. The maximum atomic E-state index is 6.04. The van der Waals surface area contributed by atoms with Gasteiger partial charge in [-0.15, -0.1) is 0 Å². The average molecular weight is 294 g/mol. The first-order chi connectivity index (χ1) is 9.15. The first-order valence-electron chi connectivity index (χ1n) is 6.13. The molecule has 0 bridgehead atoms. The van der Waals surface area contributed by atoms with Crippen LogP contribution in [0.5, 0.6) is 0 Å². The van der Waals surface area contributed by atoms with Crippen molar-refractivity contribution < 1.29 is 0 Å². The van der Waals surface area contributed by atoms with Crippen LogP contribution in [0.25, 0.3) is 0 Å². The normalized spacial score (nSPS) is 13.4. The van der Waals surface area contributed by atoms with Crippen LogP contribution in [-0.4, -0.2) is 4.98 Å². The fourth-order valence-corrected chi connectivity index (χ4v) is 2.88. The molecule has 0 aliphatic heterocycles. The number of benzene rings is 1. The van der Waals surface area contributed by atoms with E-state index in [0.717, 1.165) is 30.6 Å². The zero-order valence-corrected chi connectivity index (χ0v) is 11.7. The maximum absolute atomic E-state index is 6.04. The molecule has 1 aromatic heterocycles. The maximum Gasteiger partial charge on any atom is 0.0694 e. The molecule has 1 aromatic carbocycles. The molecule has 1 aliphatic carbocycles. The molecule has 98 valence electrons. The predicted molar refractivity (Wildman–Crippen MR) is 80.4 cm³/mol. The molecular formula is C14H13Cl2N3. The fraction of sp³-hybridized carbons (Fsp3) is 0.214. The molecule has 1 aliphatic rings. The molecule has 1 heterocycles. The van der Waals surface area contributed by atoms with Gasteiger partial charge < -0.3 is 11.1 Å². The Morgan fingerprint density at radius 1 is 1.16 bits per heavy atom. The Bertz CT molecular complexity index is 618. The second kappa shape index (κ2) is 4.91. The smallest absolute Gasteiger partial charge is 0.0694 e. The van der Waals surface area contributed by atoms with Crippen LogP contribution in [0.1, 0.15) is 17.7 Å². The predicted octanol–water partition coefficient (Wildman–Crippen LogP) is 4.20. The molecular weight excluding hydrogens is 281 g/mol. The lowest BCUT2D eigenvalue weighted by Gasteiger charge is -2.12. The Morgan fingerprint density at radius 2 is 1.89 bits per heavy atom. The number of pyridine rings is 1. The average Bonchev–Trinajstić information content (AvgIpc) is 2.85. The lowest BCUT2D eigenvalue weighted by Crippen LogP contribution is -1.98. The van der Waals surface area contributed by atoms with Crippen molar-refractivity contribution in [2.24, 2.45) is 0 Å². The molecule has 0 radical (unpaired) electrons. The van der Waals surface area contributed by atoms with Crippen LogP contribution >= 0.6 is 23.2 Å². The standard InChI is InChI=1S/C14H13Cl2N3/c15-10-6-8(7-11(16)14(10)17)19-13-4-5-18-12-3-1-2-9(12)13/h4-7H,1-3,17H2,(H,18,19). The number of nitrogens with one attached hydrogen (secondary N) is 1. The molecule has 0 amide bonds. The fourth-order valence-electron chi connectivity index (χ4n) is 2.39. The highest BCUT2D eigenvalue weighted by atomic mass is 35.5. The van der Waals surface area contributed by atoms with E-state index < -0.39 is 0 Å². The van der Waals surface area contributed by atoms with Crippen LogP contribution < -0.4 is 11.1 Å². The van der Waals surface area contributed by atoms with Crippen LogP contribution in [0, 0.1) is 0 Å². The molecule has 3 rings (SSSR count). The molecule has 5 heteroatoms. The molecule has 0 saturated carbocycles. The van der Waals surface area contributed by atoms with Crippen molar-refractivity contribution in [3.8, 4) is 0 Å². The van der Waals surface area contributed by atoms with E-state index in [0.29, 0.717) is 15.7 Å². The number of nitrogens with two attached hydrogens (primary N) is 1. The number of nitrogens with zero attached hydrogens (tertiary/aromatic N) is 1. The molecule has 0 atom stereocenters. The van der Waals surface area contributed by atoms with E-state index in [4.69, 9.17) is 28.9 Å². The largest absolute Gasteiger partial charge is 0.396 e. The SMILES string of the molecule is Nc1c(Cl)cc(Nc2ccnc3c2CCC3)cc1Cl. The van der Waals surface area contributed by atoms with Gasteiger partial charge in [0.05, 0.1) is 15.7 Å². The molecule has 3 nitrogen and oxygen atoms in total. The quantitative estimate of drug-likeness (QED) is 0.816. The summed E-state index contributed by atoms with van der Waals surface area (Å²) < 4.78 is 0. The van der Waals surface area contributed by atoms with Gasteiger partial charge in [-0.3, -0.25) is 4.98 Å². The van der Waals surface area contributed by atoms with E-state index in [1.54, 1.807) is 12.1 Å². The number of aryl methyl sites for hydroxylation is 1. The highest BCUT2D eigenvalue weighted by molar-refractivity contribution is 6.39. The van der Waals surface area contributed by atoms with Gasteiger partial charge in [-0.2, -0.15) is 0 Å². The van der Waals surface area contributed by atoms with Crippen molar-refractivity contribution in [1.29, 1.82) is 0 Å². The number of hydrogen-bond donors (Lipinski definition) is 2.